The molecule has 0 heterocycles. The standard InChI is InChI=1S/C9H16O3.C3H7NO2/c1-7(5-10)8(11)12-6-9(2,3)4;1-2-6-3(4)5/h10H,1,5-6H2,2-4H3;2H2,1H3,(H2,4,5). The number of hydrogen-bond acceptors (Lipinski definition) is 5. The summed E-state index contributed by atoms with van der Waals surface area (Å²) in [4.78, 5) is 20.5. The number of carbonyl (C=O) groups is 2. The topological polar surface area (TPSA) is 98.8 Å². The third kappa shape index (κ3) is 14.4. The maximum Gasteiger partial charge on any atom is 0.404 e. The first-order chi connectivity index (χ1) is 8.14. The summed E-state index contributed by atoms with van der Waals surface area (Å²) in [5.74, 6) is -0.521. The Morgan fingerprint density at radius 1 is 1.28 bits per heavy atom. The Hall–Kier alpha value is -1.56. The van der Waals surface area contributed by atoms with Crippen LogP contribution in [-0.4, -0.2) is 37.0 Å². The summed E-state index contributed by atoms with van der Waals surface area (Å²) in [7, 11) is 0. The van der Waals surface area contributed by atoms with Crippen molar-refractivity contribution < 1.29 is 24.2 Å². The lowest BCUT2D eigenvalue weighted by atomic mass is 9.99. The summed E-state index contributed by atoms with van der Waals surface area (Å²) < 4.78 is 9.04. The predicted molar refractivity (Wildman–Crippen MR) is 67.8 cm³/mol. The van der Waals surface area contributed by atoms with Gasteiger partial charge in [0.1, 0.15) is 0 Å². The van der Waals surface area contributed by atoms with Crippen LogP contribution >= 0.6 is 0 Å². The summed E-state index contributed by atoms with van der Waals surface area (Å²) in [6, 6.07) is 0. The fraction of sp³-hybridized carbons (Fsp3) is 0.667. The Morgan fingerprint density at radius 2 is 1.78 bits per heavy atom. The van der Waals surface area contributed by atoms with Crippen molar-refractivity contribution in [1.29, 1.82) is 0 Å². The summed E-state index contributed by atoms with van der Waals surface area (Å²) in [5.41, 5.74) is 4.59. The molecule has 0 aliphatic heterocycles. The van der Waals surface area contributed by atoms with Crippen molar-refractivity contribution in [2.75, 3.05) is 19.8 Å². The number of rotatable bonds is 4. The molecule has 0 rings (SSSR count). The summed E-state index contributed by atoms with van der Waals surface area (Å²) in [6.07, 6.45) is -0.711. The number of carbonyl (C=O) groups excluding carboxylic acids is 2. The number of hydrogen-bond donors (Lipinski definition) is 2. The molecule has 0 aromatic carbocycles. The second kappa shape index (κ2) is 9.47. The highest BCUT2D eigenvalue weighted by atomic mass is 16.5. The van der Waals surface area contributed by atoms with Gasteiger partial charge in [0, 0.05) is 0 Å². The van der Waals surface area contributed by atoms with E-state index in [1.807, 2.05) is 20.8 Å². The maximum absolute atomic E-state index is 10.9. The van der Waals surface area contributed by atoms with Gasteiger partial charge >= 0.3 is 12.1 Å². The minimum absolute atomic E-state index is 0.0502. The van der Waals surface area contributed by atoms with E-state index in [4.69, 9.17) is 9.84 Å². The Labute approximate surface area is 108 Å². The van der Waals surface area contributed by atoms with Crippen LogP contribution in [0.5, 0.6) is 0 Å². The highest BCUT2D eigenvalue weighted by Gasteiger charge is 2.14. The largest absolute Gasteiger partial charge is 0.462 e. The quantitative estimate of drug-likeness (QED) is 0.585. The third-order valence-electron chi connectivity index (χ3n) is 1.40. The molecule has 0 bridgehead atoms. The fourth-order valence-electron chi connectivity index (χ4n) is 0.591. The molecule has 0 aromatic rings. The fourth-order valence-corrected chi connectivity index (χ4v) is 0.591. The van der Waals surface area contributed by atoms with Crippen LogP contribution in [0.15, 0.2) is 12.2 Å². The van der Waals surface area contributed by atoms with Gasteiger partial charge in [0.25, 0.3) is 0 Å². The van der Waals surface area contributed by atoms with Crippen LogP contribution in [0.2, 0.25) is 0 Å². The summed E-state index contributed by atoms with van der Waals surface area (Å²) in [6.45, 7) is 11.3. The van der Waals surface area contributed by atoms with Crippen LogP contribution in [-0.2, 0) is 14.3 Å². The lowest BCUT2D eigenvalue weighted by molar-refractivity contribution is -0.142. The maximum atomic E-state index is 10.9. The third-order valence-corrected chi connectivity index (χ3v) is 1.40. The second-order valence-electron chi connectivity index (χ2n) is 4.65. The van der Waals surface area contributed by atoms with Gasteiger partial charge in [-0.2, -0.15) is 0 Å². The van der Waals surface area contributed by atoms with Crippen molar-refractivity contribution in [3.05, 3.63) is 12.2 Å². The molecule has 18 heavy (non-hydrogen) atoms. The average Bonchev–Trinajstić information content (AvgIpc) is 2.24. The molecule has 0 radical (unpaired) electrons. The van der Waals surface area contributed by atoms with Gasteiger partial charge in [-0.15, -0.1) is 0 Å². The van der Waals surface area contributed by atoms with Gasteiger partial charge in [-0.1, -0.05) is 27.4 Å². The Bertz CT molecular complexity index is 281. The summed E-state index contributed by atoms with van der Waals surface area (Å²) >= 11 is 0. The molecule has 0 saturated heterocycles. The van der Waals surface area contributed by atoms with Crippen LogP contribution in [0.1, 0.15) is 27.7 Å². The van der Waals surface area contributed by atoms with Gasteiger partial charge in [-0.05, 0) is 12.3 Å². The Morgan fingerprint density at radius 3 is 2.00 bits per heavy atom. The van der Waals surface area contributed by atoms with Gasteiger partial charge in [0.2, 0.25) is 0 Å². The molecule has 0 aromatic heterocycles. The number of nitrogens with two attached hydrogens (primary N) is 1. The van der Waals surface area contributed by atoms with E-state index in [9.17, 15) is 9.59 Å². The van der Waals surface area contributed by atoms with Crippen LogP contribution in [0, 0.1) is 5.41 Å². The zero-order valence-corrected chi connectivity index (χ0v) is 11.5. The van der Waals surface area contributed by atoms with E-state index in [0.29, 0.717) is 13.2 Å². The van der Waals surface area contributed by atoms with E-state index >= 15 is 0 Å². The first kappa shape index (κ1) is 18.8. The molecule has 0 atom stereocenters. The smallest absolute Gasteiger partial charge is 0.404 e. The molecule has 0 aliphatic carbocycles. The molecule has 0 aliphatic rings. The van der Waals surface area contributed by atoms with Crippen LogP contribution in [0.25, 0.3) is 0 Å². The average molecular weight is 261 g/mol. The number of ether oxygens (including phenoxy) is 2. The first-order valence-corrected chi connectivity index (χ1v) is 5.52. The number of aliphatic hydroxyl groups excluding tert-OH is 1. The van der Waals surface area contributed by atoms with Crippen molar-refractivity contribution in [1.82, 2.24) is 0 Å². The molecule has 6 nitrogen and oxygen atoms in total. The Kier molecular flexibility index (Phi) is 9.89. The van der Waals surface area contributed by atoms with Crippen molar-refractivity contribution in [3.8, 4) is 0 Å². The van der Waals surface area contributed by atoms with E-state index in [2.05, 4.69) is 17.0 Å². The van der Waals surface area contributed by atoms with Crippen molar-refractivity contribution in [3.63, 3.8) is 0 Å². The normalized spacial score (nSPS) is 9.83. The highest BCUT2D eigenvalue weighted by molar-refractivity contribution is 5.87. The van der Waals surface area contributed by atoms with Gasteiger partial charge in [-0.3, -0.25) is 0 Å². The first-order valence-electron chi connectivity index (χ1n) is 5.52. The molecule has 3 N–H and O–H groups in total. The molecular formula is C12H23NO5. The minimum Gasteiger partial charge on any atom is -0.462 e. The zero-order chi connectivity index (χ0) is 14.8. The number of esters is 1. The molecular weight excluding hydrogens is 238 g/mol. The van der Waals surface area contributed by atoms with E-state index in [-0.39, 0.29) is 17.6 Å². The highest BCUT2D eigenvalue weighted by Crippen LogP contribution is 2.13. The van der Waals surface area contributed by atoms with Crippen LogP contribution in [0.4, 0.5) is 4.79 Å². The molecule has 0 saturated carbocycles. The van der Waals surface area contributed by atoms with Crippen LogP contribution in [0.3, 0.4) is 0 Å². The van der Waals surface area contributed by atoms with Crippen molar-refractivity contribution in [2.24, 2.45) is 11.1 Å². The molecule has 1 amide bonds. The van der Waals surface area contributed by atoms with Gasteiger partial charge in [-0.25, -0.2) is 9.59 Å². The van der Waals surface area contributed by atoms with Gasteiger partial charge in [0.05, 0.1) is 25.4 Å². The molecule has 6 heteroatoms. The lowest BCUT2D eigenvalue weighted by Gasteiger charge is -2.17. The molecule has 106 valence electrons. The van der Waals surface area contributed by atoms with E-state index in [1.165, 1.54) is 0 Å². The van der Waals surface area contributed by atoms with Crippen LogP contribution < -0.4 is 5.73 Å². The molecule has 0 spiro atoms. The summed E-state index contributed by atoms with van der Waals surface area (Å²) in [5, 5.41) is 8.53. The number of aliphatic hydroxyl groups is 1. The predicted octanol–water partition coefficient (Wildman–Crippen LogP) is 1.23. The van der Waals surface area contributed by atoms with E-state index in [1.54, 1.807) is 6.92 Å². The van der Waals surface area contributed by atoms with E-state index in [0.717, 1.165) is 0 Å². The monoisotopic (exact) mass is 261 g/mol. The van der Waals surface area contributed by atoms with E-state index < -0.39 is 12.1 Å². The number of primary amides is 1. The molecule has 0 unspecified atom stereocenters. The van der Waals surface area contributed by atoms with Crippen molar-refractivity contribution in [2.45, 2.75) is 27.7 Å². The lowest BCUT2D eigenvalue weighted by Crippen LogP contribution is -2.19. The second-order valence-corrected chi connectivity index (χ2v) is 4.65. The number of amides is 1. The molecule has 0 fully saturated rings. The zero-order valence-electron chi connectivity index (χ0n) is 11.5. The van der Waals surface area contributed by atoms with Gasteiger partial charge < -0.3 is 20.3 Å². The SMILES string of the molecule is C=C(CO)C(=O)OCC(C)(C)C.CCOC(N)=O. The Balaban J connectivity index is 0. The van der Waals surface area contributed by atoms with Crippen molar-refractivity contribution >= 4 is 12.1 Å². The van der Waals surface area contributed by atoms with Gasteiger partial charge in [0.15, 0.2) is 0 Å². The minimum atomic E-state index is -0.711.